The monoisotopic (exact) mass is 317 g/mol. The maximum absolute atomic E-state index is 12.4. The fourth-order valence-corrected chi connectivity index (χ4v) is 3.01. The zero-order valence-electron chi connectivity index (χ0n) is 11.5. The molecule has 0 aromatic carbocycles. The molecular weight excluding hydrogens is 297 g/mol. The first-order valence-electron chi connectivity index (χ1n) is 6.69. The number of hydrogen-bond acceptors (Lipinski definition) is 3. The Bertz CT molecular complexity index is 452. The van der Waals surface area contributed by atoms with Gasteiger partial charge in [-0.25, -0.2) is 0 Å². The van der Waals surface area contributed by atoms with E-state index >= 15 is 0 Å². The van der Waals surface area contributed by atoms with Crippen molar-refractivity contribution in [3.63, 3.8) is 0 Å². The lowest BCUT2D eigenvalue weighted by Gasteiger charge is -2.34. The Balaban J connectivity index is 0.000001000. The van der Waals surface area contributed by atoms with E-state index in [-0.39, 0.29) is 30.7 Å². The third-order valence-corrected chi connectivity index (χ3v) is 4.10. The van der Waals surface area contributed by atoms with Crippen molar-refractivity contribution >= 4 is 30.7 Å². The number of hydrogen-bond donors (Lipinski definition) is 1. The van der Waals surface area contributed by atoms with Crippen molar-refractivity contribution in [2.45, 2.75) is 25.8 Å². The summed E-state index contributed by atoms with van der Waals surface area (Å²) in [6, 6.07) is 4.41. The number of nitrogens with zero attached hydrogens (tertiary/aromatic N) is 2. The highest BCUT2D eigenvalue weighted by molar-refractivity contribution is 5.94. The molecule has 3 rings (SSSR count). The largest absolute Gasteiger partial charge is 0.338 e. The lowest BCUT2D eigenvalue weighted by Crippen LogP contribution is -2.46. The highest BCUT2D eigenvalue weighted by atomic mass is 35.5. The minimum atomic E-state index is 0. The summed E-state index contributed by atoms with van der Waals surface area (Å²) in [5.74, 6) is 0.772. The van der Waals surface area contributed by atoms with Gasteiger partial charge in [0.25, 0.3) is 5.91 Å². The molecule has 0 saturated carbocycles. The van der Waals surface area contributed by atoms with Gasteiger partial charge in [0.1, 0.15) is 0 Å². The standard InChI is InChI=1S/C14H19N3O.2ClH/c1-10-2-3-11(8-16-10)14(18)17-7-5-13-12(9-17)4-6-15-13;;/h2-3,8,12-13,15H,4-7,9H2,1H3;2*1H. The van der Waals surface area contributed by atoms with Crippen molar-refractivity contribution in [1.82, 2.24) is 15.2 Å². The summed E-state index contributed by atoms with van der Waals surface area (Å²) < 4.78 is 0. The summed E-state index contributed by atoms with van der Waals surface area (Å²) in [6.45, 7) is 4.79. The summed E-state index contributed by atoms with van der Waals surface area (Å²) in [5, 5.41) is 3.51. The SMILES string of the molecule is Cc1ccc(C(=O)N2CCC3NCCC3C2)cn1.Cl.Cl. The van der Waals surface area contributed by atoms with E-state index in [0.717, 1.165) is 31.7 Å². The molecule has 3 heterocycles. The van der Waals surface area contributed by atoms with Gasteiger partial charge in [-0.05, 0) is 44.4 Å². The van der Waals surface area contributed by atoms with Crippen molar-refractivity contribution in [3.05, 3.63) is 29.6 Å². The highest BCUT2D eigenvalue weighted by Gasteiger charge is 2.34. The number of halogens is 2. The number of pyridine rings is 1. The van der Waals surface area contributed by atoms with E-state index in [4.69, 9.17) is 0 Å². The zero-order valence-corrected chi connectivity index (χ0v) is 13.2. The van der Waals surface area contributed by atoms with Crippen LogP contribution in [-0.4, -0.2) is 41.5 Å². The van der Waals surface area contributed by atoms with Crippen LogP contribution in [-0.2, 0) is 0 Å². The molecule has 1 amide bonds. The molecule has 0 aliphatic carbocycles. The topological polar surface area (TPSA) is 45.2 Å². The molecule has 1 aromatic rings. The average molecular weight is 318 g/mol. The number of nitrogens with one attached hydrogen (secondary N) is 1. The Morgan fingerprint density at radius 1 is 1.35 bits per heavy atom. The first kappa shape index (κ1) is 17.2. The van der Waals surface area contributed by atoms with Crippen molar-refractivity contribution in [1.29, 1.82) is 0 Å². The Hall–Kier alpha value is -0.840. The Morgan fingerprint density at radius 2 is 2.15 bits per heavy atom. The van der Waals surface area contributed by atoms with Crippen molar-refractivity contribution in [3.8, 4) is 0 Å². The Morgan fingerprint density at radius 3 is 2.85 bits per heavy atom. The van der Waals surface area contributed by atoms with Crippen molar-refractivity contribution in [2.75, 3.05) is 19.6 Å². The van der Waals surface area contributed by atoms with Crippen LogP contribution in [0.2, 0.25) is 0 Å². The lowest BCUT2D eigenvalue weighted by molar-refractivity contribution is 0.0661. The predicted molar refractivity (Wildman–Crippen MR) is 83.9 cm³/mol. The van der Waals surface area contributed by atoms with Gasteiger partial charge >= 0.3 is 0 Å². The second-order valence-electron chi connectivity index (χ2n) is 5.34. The van der Waals surface area contributed by atoms with E-state index in [9.17, 15) is 4.79 Å². The van der Waals surface area contributed by atoms with Crippen molar-refractivity contribution in [2.24, 2.45) is 5.92 Å². The summed E-state index contributed by atoms with van der Waals surface area (Å²) in [4.78, 5) is 18.6. The molecular formula is C14H21Cl2N3O. The molecule has 1 N–H and O–H groups in total. The van der Waals surface area contributed by atoms with Gasteiger partial charge in [-0.3, -0.25) is 9.78 Å². The summed E-state index contributed by atoms with van der Waals surface area (Å²) in [7, 11) is 0. The first-order chi connectivity index (χ1) is 8.74. The molecule has 0 spiro atoms. The number of aromatic nitrogens is 1. The number of carbonyl (C=O) groups is 1. The minimum absolute atomic E-state index is 0. The van der Waals surface area contributed by atoms with Gasteiger partial charge in [0.05, 0.1) is 5.56 Å². The molecule has 2 saturated heterocycles. The van der Waals surface area contributed by atoms with Gasteiger partial charge in [-0.1, -0.05) is 0 Å². The normalized spacial score (nSPS) is 24.4. The lowest BCUT2D eigenvalue weighted by atomic mass is 9.93. The van der Waals surface area contributed by atoms with Crippen LogP contribution >= 0.6 is 24.8 Å². The van der Waals surface area contributed by atoms with Gasteiger partial charge in [0.2, 0.25) is 0 Å². The van der Waals surface area contributed by atoms with Gasteiger partial charge in [-0.2, -0.15) is 0 Å². The molecule has 2 aliphatic heterocycles. The molecule has 112 valence electrons. The number of rotatable bonds is 1. The molecule has 20 heavy (non-hydrogen) atoms. The highest BCUT2D eigenvalue weighted by Crippen LogP contribution is 2.25. The number of carbonyl (C=O) groups excluding carboxylic acids is 1. The Kier molecular flexibility index (Phi) is 6.24. The van der Waals surface area contributed by atoms with Crippen LogP contribution in [0.1, 0.15) is 28.9 Å². The van der Waals surface area contributed by atoms with Gasteiger partial charge < -0.3 is 10.2 Å². The molecule has 0 bridgehead atoms. The number of aryl methyl sites for hydroxylation is 1. The first-order valence-corrected chi connectivity index (χ1v) is 6.69. The van der Waals surface area contributed by atoms with Crippen LogP contribution in [0, 0.1) is 12.8 Å². The molecule has 2 aliphatic rings. The average Bonchev–Trinajstić information content (AvgIpc) is 2.86. The molecule has 0 radical (unpaired) electrons. The van der Waals surface area contributed by atoms with E-state index in [1.165, 1.54) is 6.42 Å². The molecule has 2 fully saturated rings. The number of fused-ring (bicyclic) bond motifs is 1. The molecule has 2 unspecified atom stereocenters. The van der Waals surface area contributed by atoms with Gasteiger partial charge in [-0.15, -0.1) is 24.8 Å². The third kappa shape index (κ3) is 3.43. The van der Waals surface area contributed by atoms with E-state index in [1.807, 2.05) is 24.0 Å². The minimum Gasteiger partial charge on any atom is -0.338 e. The molecule has 2 atom stereocenters. The summed E-state index contributed by atoms with van der Waals surface area (Å²) >= 11 is 0. The summed E-state index contributed by atoms with van der Waals surface area (Å²) in [5.41, 5.74) is 1.66. The molecule has 1 aromatic heterocycles. The van der Waals surface area contributed by atoms with Gasteiger partial charge in [0.15, 0.2) is 0 Å². The van der Waals surface area contributed by atoms with Crippen molar-refractivity contribution < 1.29 is 4.79 Å². The van der Waals surface area contributed by atoms with E-state index in [2.05, 4.69) is 10.3 Å². The number of likely N-dealkylation sites (tertiary alicyclic amines) is 1. The van der Waals surface area contributed by atoms with E-state index in [0.29, 0.717) is 17.5 Å². The number of amides is 1. The summed E-state index contributed by atoms with van der Waals surface area (Å²) in [6.07, 6.45) is 3.97. The number of piperidine rings is 1. The second kappa shape index (κ2) is 7.25. The van der Waals surface area contributed by atoms with Crippen LogP contribution in [0.15, 0.2) is 18.3 Å². The quantitative estimate of drug-likeness (QED) is 0.862. The van der Waals surface area contributed by atoms with Crippen LogP contribution < -0.4 is 5.32 Å². The fraction of sp³-hybridized carbons (Fsp3) is 0.571. The van der Waals surface area contributed by atoms with Crippen LogP contribution in [0.4, 0.5) is 0 Å². The van der Waals surface area contributed by atoms with Crippen LogP contribution in [0.3, 0.4) is 0 Å². The third-order valence-electron chi connectivity index (χ3n) is 4.10. The van der Waals surface area contributed by atoms with Crippen LogP contribution in [0.5, 0.6) is 0 Å². The molecule has 6 heteroatoms. The van der Waals surface area contributed by atoms with E-state index < -0.39 is 0 Å². The zero-order chi connectivity index (χ0) is 12.5. The fourth-order valence-electron chi connectivity index (χ4n) is 3.01. The van der Waals surface area contributed by atoms with E-state index in [1.54, 1.807) is 6.20 Å². The molecule has 4 nitrogen and oxygen atoms in total. The van der Waals surface area contributed by atoms with Gasteiger partial charge in [0, 0.05) is 31.0 Å². The smallest absolute Gasteiger partial charge is 0.255 e. The second-order valence-corrected chi connectivity index (χ2v) is 5.34. The Labute approximate surface area is 132 Å². The predicted octanol–water partition coefficient (Wildman–Crippen LogP) is 2.06. The maximum Gasteiger partial charge on any atom is 0.255 e. The maximum atomic E-state index is 12.4. The van der Waals surface area contributed by atoms with Crippen LogP contribution in [0.25, 0.3) is 0 Å².